The van der Waals surface area contributed by atoms with Crippen LogP contribution in [0.4, 0.5) is 4.79 Å². The van der Waals surface area contributed by atoms with Crippen LogP contribution in [-0.2, 0) is 20.0 Å². The van der Waals surface area contributed by atoms with Crippen molar-refractivity contribution in [3.63, 3.8) is 0 Å². The van der Waals surface area contributed by atoms with Crippen LogP contribution < -0.4 is 5.32 Å². The lowest BCUT2D eigenvalue weighted by atomic mass is 9.89. The average molecular weight is 444 g/mol. The minimum absolute atomic E-state index is 0.0555. The van der Waals surface area contributed by atoms with Crippen LogP contribution >= 0.6 is 0 Å². The van der Waals surface area contributed by atoms with E-state index in [0.717, 1.165) is 38.9 Å². The largest absolute Gasteiger partial charge is 0.338 e. The number of hydrogen-bond donors (Lipinski definition) is 1. The maximum atomic E-state index is 13.5. The molecule has 3 aromatic rings. The Labute approximate surface area is 196 Å². The van der Waals surface area contributed by atoms with Crippen molar-refractivity contribution in [2.45, 2.75) is 44.8 Å². The van der Waals surface area contributed by atoms with Gasteiger partial charge in [-0.1, -0.05) is 54.6 Å². The third-order valence-corrected chi connectivity index (χ3v) is 7.33. The van der Waals surface area contributed by atoms with E-state index < -0.39 is 0 Å². The third kappa shape index (κ3) is 4.40. The summed E-state index contributed by atoms with van der Waals surface area (Å²) in [5, 5.41) is 7.59. The summed E-state index contributed by atoms with van der Waals surface area (Å²) in [5.74, 6) is 0. The summed E-state index contributed by atoms with van der Waals surface area (Å²) in [4.78, 5) is 18.1. The molecule has 1 N–H and O–H groups in total. The van der Waals surface area contributed by atoms with Gasteiger partial charge in [0.05, 0.1) is 12.2 Å². The van der Waals surface area contributed by atoms with Crippen LogP contribution in [0.15, 0.2) is 60.8 Å². The number of carbonyl (C=O) groups is 1. The molecule has 2 aliphatic heterocycles. The summed E-state index contributed by atoms with van der Waals surface area (Å²) >= 11 is 0. The first kappa shape index (κ1) is 21.7. The van der Waals surface area contributed by atoms with Crippen molar-refractivity contribution in [2.75, 3.05) is 19.6 Å². The number of piperidine rings is 1. The molecule has 172 valence electrons. The van der Waals surface area contributed by atoms with E-state index in [9.17, 15) is 4.79 Å². The van der Waals surface area contributed by atoms with Gasteiger partial charge in [-0.25, -0.2) is 4.79 Å². The van der Waals surface area contributed by atoms with E-state index >= 15 is 0 Å². The lowest BCUT2D eigenvalue weighted by Gasteiger charge is -2.44. The molecule has 0 aliphatic carbocycles. The third-order valence-electron chi connectivity index (χ3n) is 7.33. The van der Waals surface area contributed by atoms with Gasteiger partial charge in [0.2, 0.25) is 0 Å². The molecule has 6 heteroatoms. The van der Waals surface area contributed by atoms with Crippen molar-refractivity contribution in [1.82, 2.24) is 24.9 Å². The molecule has 1 unspecified atom stereocenters. The van der Waals surface area contributed by atoms with Crippen LogP contribution in [0, 0.1) is 6.92 Å². The fourth-order valence-corrected chi connectivity index (χ4v) is 5.34. The average Bonchev–Trinajstić information content (AvgIpc) is 3.15. The monoisotopic (exact) mass is 443 g/mol. The number of fused-ring (bicyclic) bond motifs is 1. The Morgan fingerprint density at radius 2 is 1.76 bits per heavy atom. The molecule has 0 bridgehead atoms. The topological polar surface area (TPSA) is 53.4 Å². The molecule has 6 nitrogen and oxygen atoms in total. The number of likely N-dealkylation sites (tertiary alicyclic amines) is 1. The summed E-state index contributed by atoms with van der Waals surface area (Å²) in [5.41, 5.74) is 6.26. The molecular weight excluding hydrogens is 410 g/mol. The maximum Gasteiger partial charge on any atom is 0.318 e. The number of aryl methyl sites for hydroxylation is 1. The number of urea groups is 1. The standard InChI is InChI=1S/C27H33N5O/c1-20-23(18-29-30(20)2)19-31-16-13-24(14-17-31)32-26(22-9-4-3-5-10-22)25-11-7-6-8-21(25)12-15-28-27(32)33/h3-11,18,24,26H,12-17,19H2,1-2H3,(H,28,33). The van der Waals surface area contributed by atoms with Crippen molar-refractivity contribution >= 4 is 6.03 Å². The van der Waals surface area contributed by atoms with E-state index in [0.29, 0.717) is 6.54 Å². The molecule has 0 radical (unpaired) electrons. The first-order chi connectivity index (χ1) is 16.1. The van der Waals surface area contributed by atoms with Gasteiger partial charge in [0.1, 0.15) is 0 Å². The van der Waals surface area contributed by atoms with Crippen LogP contribution in [0.3, 0.4) is 0 Å². The smallest absolute Gasteiger partial charge is 0.318 e. The number of carbonyl (C=O) groups excluding carboxylic acids is 1. The minimum atomic E-state index is -0.0696. The predicted molar refractivity (Wildman–Crippen MR) is 130 cm³/mol. The molecule has 33 heavy (non-hydrogen) atoms. The summed E-state index contributed by atoms with van der Waals surface area (Å²) in [6.07, 6.45) is 4.79. The number of rotatable bonds is 4. The van der Waals surface area contributed by atoms with Crippen molar-refractivity contribution in [3.8, 4) is 0 Å². The SMILES string of the molecule is Cc1c(CN2CCC(N3C(=O)NCCc4ccccc4C3c3ccccc3)CC2)cnn1C. The van der Waals surface area contributed by atoms with Crippen LogP contribution in [0.5, 0.6) is 0 Å². The molecular formula is C27H33N5O. The molecule has 1 saturated heterocycles. The molecule has 1 fully saturated rings. The predicted octanol–water partition coefficient (Wildman–Crippen LogP) is 4.05. The number of nitrogens with zero attached hydrogens (tertiary/aromatic N) is 4. The Kier molecular flexibility index (Phi) is 6.18. The molecule has 1 atom stereocenters. The van der Waals surface area contributed by atoms with E-state index in [4.69, 9.17) is 0 Å². The zero-order valence-corrected chi connectivity index (χ0v) is 19.6. The highest BCUT2D eigenvalue weighted by molar-refractivity contribution is 5.76. The molecule has 3 heterocycles. The summed E-state index contributed by atoms with van der Waals surface area (Å²) in [6.45, 7) is 5.68. The van der Waals surface area contributed by atoms with Crippen molar-refractivity contribution < 1.29 is 4.79 Å². The number of nitrogens with one attached hydrogen (secondary N) is 1. The zero-order chi connectivity index (χ0) is 22.8. The van der Waals surface area contributed by atoms with Gasteiger partial charge < -0.3 is 10.2 Å². The minimum Gasteiger partial charge on any atom is -0.338 e. The van der Waals surface area contributed by atoms with E-state index in [1.165, 1.54) is 27.9 Å². The number of hydrogen-bond acceptors (Lipinski definition) is 3. The van der Waals surface area contributed by atoms with E-state index in [-0.39, 0.29) is 18.1 Å². The maximum absolute atomic E-state index is 13.5. The Balaban J connectivity index is 1.42. The normalized spacial score (nSPS) is 20.1. The quantitative estimate of drug-likeness (QED) is 0.662. The Bertz CT molecular complexity index is 1100. The van der Waals surface area contributed by atoms with Gasteiger partial charge in [-0.2, -0.15) is 5.10 Å². The fraction of sp³-hybridized carbons (Fsp3) is 0.407. The Hall–Kier alpha value is -3.12. The van der Waals surface area contributed by atoms with E-state index in [1.54, 1.807) is 0 Å². The van der Waals surface area contributed by atoms with Gasteiger partial charge >= 0.3 is 6.03 Å². The molecule has 2 aliphatic rings. The molecule has 5 rings (SSSR count). The first-order valence-electron chi connectivity index (χ1n) is 12.0. The highest BCUT2D eigenvalue weighted by Crippen LogP contribution is 2.36. The molecule has 0 saturated carbocycles. The lowest BCUT2D eigenvalue weighted by molar-refractivity contribution is 0.0997. The van der Waals surface area contributed by atoms with Gasteiger partial charge in [0, 0.05) is 50.5 Å². The Morgan fingerprint density at radius 3 is 2.48 bits per heavy atom. The summed E-state index contributed by atoms with van der Waals surface area (Å²) < 4.78 is 1.94. The van der Waals surface area contributed by atoms with Crippen LogP contribution in [-0.4, -0.2) is 51.3 Å². The molecule has 2 amide bonds. The second kappa shape index (κ2) is 9.40. The number of amides is 2. The Morgan fingerprint density at radius 1 is 1.03 bits per heavy atom. The fourth-order valence-electron chi connectivity index (χ4n) is 5.34. The number of aromatic nitrogens is 2. The summed E-state index contributed by atoms with van der Waals surface area (Å²) in [6, 6.07) is 19.3. The van der Waals surface area contributed by atoms with Gasteiger partial charge in [-0.15, -0.1) is 0 Å². The second-order valence-corrected chi connectivity index (χ2v) is 9.29. The highest BCUT2D eigenvalue weighted by atomic mass is 16.2. The van der Waals surface area contributed by atoms with Crippen molar-refractivity contribution in [3.05, 3.63) is 88.7 Å². The lowest BCUT2D eigenvalue weighted by Crippen LogP contribution is -2.53. The van der Waals surface area contributed by atoms with Crippen LogP contribution in [0.25, 0.3) is 0 Å². The van der Waals surface area contributed by atoms with Gasteiger partial charge in [0.25, 0.3) is 0 Å². The zero-order valence-electron chi connectivity index (χ0n) is 19.6. The van der Waals surface area contributed by atoms with Gasteiger partial charge in [0.15, 0.2) is 0 Å². The molecule has 1 aromatic heterocycles. The molecule has 0 spiro atoms. The first-order valence-corrected chi connectivity index (χ1v) is 12.0. The van der Waals surface area contributed by atoms with Gasteiger partial charge in [-0.05, 0) is 42.9 Å². The highest BCUT2D eigenvalue weighted by Gasteiger charge is 2.36. The van der Waals surface area contributed by atoms with E-state index in [2.05, 4.69) is 75.7 Å². The number of benzene rings is 2. The van der Waals surface area contributed by atoms with Gasteiger partial charge in [-0.3, -0.25) is 9.58 Å². The van der Waals surface area contributed by atoms with Crippen molar-refractivity contribution in [2.24, 2.45) is 7.05 Å². The van der Waals surface area contributed by atoms with Crippen LogP contribution in [0.2, 0.25) is 0 Å². The summed E-state index contributed by atoms with van der Waals surface area (Å²) in [7, 11) is 1.99. The second-order valence-electron chi connectivity index (χ2n) is 9.29. The van der Waals surface area contributed by atoms with Crippen molar-refractivity contribution in [1.29, 1.82) is 0 Å². The molecule has 2 aromatic carbocycles. The van der Waals surface area contributed by atoms with Crippen LogP contribution in [0.1, 0.15) is 46.8 Å². The van der Waals surface area contributed by atoms with E-state index in [1.807, 2.05) is 24.0 Å².